The largest absolute Gasteiger partial charge is 0.481 e. The minimum atomic E-state index is -0.993. The molecule has 0 saturated carbocycles. The molecule has 1 heterocycles. The highest BCUT2D eigenvalue weighted by atomic mass is 35.5. The Kier molecular flexibility index (Phi) is 4.97. The summed E-state index contributed by atoms with van der Waals surface area (Å²) < 4.78 is 0. The second-order valence-corrected chi connectivity index (χ2v) is 5.06. The van der Waals surface area contributed by atoms with Gasteiger partial charge in [0, 0.05) is 29.1 Å². The Bertz CT molecular complexity index is 793. The minimum Gasteiger partial charge on any atom is -0.481 e. The number of guanidine groups is 1. The lowest BCUT2D eigenvalue weighted by atomic mass is 10.1. The highest BCUT2D eigenvalue weighted by Gasteiger charge is 2.12. The van der Waals surface area contributed by atoms with Crippen LogP contribution >= 0.6 is 11.6 Å². The van der Waals surface area contributed by atoms with Gasteiger partial charge in [-0.05, 0) is 12.1 Å². The predicted octanol–water partition coefficient (Wildman–Crippen LogP) is 1.40. The molecule has 1 aromatic carbocycles. The zero-order chi connectivity index (χ0) is 17.0. The van der Waals surface area contributed by atoms with Gasteiger partial charge >= 0.3 is 5.97 Å². The number of carboxylic acid groups (broad SMARTS) is 1. The van der Waals surface area contributed by atoms with E-state index in [-0.39, 0.29) is 18.9 Å². The van der Waals surface area contributed by atoms with Crippen molar-refractivity contribution in [3.8, 4) is 0 Å². The lowest BCUT2D eigenvalue weighted by Gasteiger charge is -2.10. The molecule has 0 radical (unpaired) electrons. The van der Waals surface area contributed by atoms with E-state index in [0.717, 1.165) is 0 Å². The number of hydrogen-bond acceptors (Lipinski definition) is 4. The first-order valence-corrected chi connectivity index (χ1v) is 6.95. The summed E-state index contributed by atoms with van der Waals surface area (Å²) in [5.74, 6) is -1.40. The number of pyridine rings is 1. The van der Waals surface area contributed by atoms with E-state index in [1.165, 1.54) is 6.20 Å². The van der Waals surface area contributed by atoms with Crippen LogP contribution in [0.15, 0.2) is 24.4 Å². The van der Waals surface area contributed by atoms with Crippen LogP contribution in [0.2, 0.25) is 5.02 Å². The molecule has 2 rings (SSSR count). The van der Waals surface area contributed by atoms with E-state index in [4.69, 9.17) is 27.9 Å². The number of nitrogens with two attached hydrogens (primary N) is 1. The summed E-state index contributed by atoms with van der Waals surface area (Å²) in [5, 5.41) is 22.5. The first kappa shape index (κ1) is 16.5. The van der Waals surface area contributed by atoms with E-state index in [2.05, 4.69) is 15.6 Å². The Labute approximate surface area is 136 Å². The predicted molar refractivity (Wildman–Crippen MR) is 86.9 cm³/mol. The minimum absolute atomic E-state index is 0.0263. The number of nitrogens with zero attached hydrogens (tertiary/aromatic N) is 1. The summed E-state index contributed by atoms with van der Waals surface area (Å²) >= 11 is 6.07. The number of amides is 1. The van der Waals surface area contributed by atoms with Crippen molar-refractivity contribution < 1.29 is 14.7 Å². The van der Waals surface area contributed by atoms with Crippen LogP contribution in [0.3, 0.4) is 0 Å². The smallest absolute Gasteiger partial charge is 0.305 e. The highest BCUT2D eigenvalue weighted by molar-refractivity contribution is 6.36. The molecule has 8 nitrogen and oxygen atoms in total. The fraction of sp³-hybridized carbons (Fsp3) is 0.143. The van der Waals surface area contributed by atoms with E-state index in [1.807, 2.05) is 0 Å². The first-order valence-electron chi connectivity index (χ1n) is 6.58. The van der Waals surface area contributed by atoms with Crippen LogP contribution in [0.25, 0.3) is 10.8 Å². The van der Waals surface area contributed by atoms with Gasteiger partial charge in [0.1, 0.15) is 5.82 Å². The van der Waals surface area contributed by atoms with Crippen molar-refractivity contribution >= 4 is 46.0 Å². The number of carbonyl (C=O) groups excluding carboxylic acids is 1. The monoisotopic (exact) mass is 335 g/mol. The Hall–Kier alpha value is -2.87. The van der Waals surface area contributed by atoms with E-state index < -0.39 is 11.9 Å². The molecule has 6 N–H and O–H groups in total. The summed E-state index contributed by atoms with van der Waals surface area (Å²) in [6, 6.07) is 4.77. The quantitative estimate of drug-likeness (QED) is 0.413. The molecular weight excluding hydrogens is 322 g/mol. The van der Waals surface area contributed by atoms with Crippen molar-refractivity contribution in [2.75, 3.05) is 11.9 Å². The third-order valence-electron chi connectivity index (χ3n) is 2.98. The van der Waals surface area contributed by atoms with Gasteiger partial charge in [-0.3, -0.25) is 15.0 Å². The number of carboxylic acids is 1. The summed E-state index contributed by atoms with van der Waals surface area (Å²) in [4.78, 5) is 26.6. The van der Waals surface area contributed by atoms with Crippen molar-refractivity contribution in [1.29, 1.82) is 5.41 Å². The Balaban J connectivity index is 2.34. The fourth-order valence-corrected chi connectivity index (χ4v) is 2.18. The number of halogens is 1. The number of anilines is 1. The molecule has 0 saturated heterocycles. The normalized spacial score (nSPS) is 10.3. The lowest BCUT2D eigenvalue weighted by Crippen LogP contribution is -2.26. The van der Waals surface area contributed by atoms with Crippen molar-refractivity contribution in [2.45, 2.75) is 6.42 Å². The molecule has 2 aromatic rings. The SMILES string of the molecule is N=C(N)Nc1ncc(Cl)c2ccc(C(=O)NCCC(=O)O)cc12. The summed E-state index contributed by atoms with van der Waals surface area (Å²) in [5.41, 5.74) is 5.63. The van der Waals surface area contributed by atoms with Gasteiger partial charge < -0.3 is 21.5 Å². The molecule has 9 heteroatoms. The maximum Gasteiger partial charge on any atom is 0.305 e. The van der Waals surface area contributed by atoms with Gasteiger partial charge in [0.25, 0.3) is 5.91 Å². The fourth-order valence-electron chi connectivity index (χ4n) is 1.96. The second kappa shape index (κ2) is 6.93. The third kappa shape index (κ3) is 4.07. The summed E-state index contributed by atoms with van der Waals surface area (Å²) in [6.45, 7) is 0.0263. The standard InChI is InChI=1S/C14H14ClN5O3/c15-10-6-19-12(20-14(16)17)9-5-7(1-2-8(9)10)13(23)18-4-3-11(21)22/h1-2,5-6H,3-4H2,(H,18,23)(H,21,22)(H4,16,17,19,20). The van der Waals surface area contributed by atoms with Gasteiger partial charge in [0.2, 0.25) is 0 Å². The molecule has 1 amide bonds. The Morgan fingerprint density at radius 2 is 2.09 bits per heavy atom. The molecule has 0 fully saturated rings. The van der Waals surface area contributed by atoms with Crippen LogP contribution in [0.4, 0.5) is 5.82 Å². The van der Waals surface area contributed by atoms with Crippen LogP contribution in [0, 0.1) is 5.41 Å². The van der Waals surface area contributed by atoms with Crippen molar-refractivity contribution in [3.05, 3.63) is 35.0 Å². The molecule has 120 valence electrons. The average Bonchev–Trinajstić information content (AvgIpc) is 2.49. The van der Waals surface area contributed by atoms with Crippen LogP contribution in [-0.4, -0.2) is 34.5 Å². The summed E-state index contributed by atoms with van der Waals surface area (Å²) in [6.07, 6.45) is 1.26. The number of fused-ring (bicyclic) bond motifs is 1. The van der Waals surface area contributed by atoms with Gasteiger partial charge in [0.05, 0.1) is 11.4 Å². The maximum atomic E-state index is 12.0. The topological polar surface area (TPSA) is 141 Å². The van der Waals surface area contributed by atoms with Crippen LogP contribution in [0.1, 0.15) is 16.8 Å². The zero-order valence-electron chi connectivity index (χ0n) is 11.9. The number of aromatic nitrogens is 1. The van der Waals surface area contributed by atoms with Gasteiger partial charge in [-0.25, -0.2) is 4.98 Å². The van der Waals surface area contributed by atoms with Crippen LogP contribution < -0.4 is 16.4 Å². The molecule has 1 aromatic heterocycles. The molecule has 0 aliphatic carbocycles. The van der Waals surface area contributed by atoms with Crippen molar-refractivity contribution in [2.24, 2.45) is 5.73 Å². The zero-order valence-corrected chi connectivity index (χ0v) is 12.6. The van der Waals surface area contributed by atoms with E-state index >= 15 is 0 Å². The Morgan fingerprint density at radius 1 is 1.35 bits per heavy atom. The molecule has 0 spiro atoms. The van der Waals surface area contributed by atoms with Crippen molar-refractivity contribution in [3.63, 3.8) is 0 Å². The van der Waals surface area contributed by atoms with Gasteiger partial charge in [0.15, 0.2) is 5.96 Å². The molecule has 0 aliphatic heterocycles. The molecule has 0 aliphatic rings. The average molecular weight is 336 g/mol. The van der Waals surface area contributed by atoms with Crippen molar-refractivity contribution in [1.82, 2.24) is 10.3 Å². The van der Waals surface area contributed by atoms with E-state index in [9.17, 15) is 9.59 Å². The third-order valence-corrected chi connectivity index (χ3v) is 3.28. The van der Waals surface area contributed by atoms with Crippen LogP contribution in [0.5, 0.6) is 0 Å². The van der Waals surface area contributed by atoms with Gasteiger partial charge in [-0.1, -0.05) is 17.7 Å². The number of benzene rings is 1. The molecule has 23 heavy (non-hydrogen) atoms. The first-order chi connectivity index (χ1) is 10.9. The lowest BCUT2D eigenvalue weighted by molar-refractivity contribution is -0.136. The molecular formula is C14H14ClN5O3. The highest BCUT2D eigenvalue weighted by Crippen LogP contribution is 2.28. The number of carbonyl (C=O) groups is 2. The van der Waals surface area contributed by atoms with E-state index in [0.29, 0.717) is 27.2 Å². The van der Waals surface area contributed by atoms with Gasteiger partial charge in [-0.2, -0.15) is 0 Å². The number of nitrogens with one attached hydrogen (secondary N) is 3. The van der Waals surface area contributed by atoms with E-state index in [1.54, 1.807) is 18.2 Å². The summed E-state index contributed by atoms with van der Waals surface area (Å²) in [7, 11) is 0. The van der Waals surface area contributed by atoms with Crippen LogP contribution in [-0.2, 0) is 4.79 Å². The number of rotatable bonds is 5. The number of aliphatic carboxylic acids is 1. The maximum absolute atomic E-state index is 12.0. The second-order valence-electron chi connectivity index (χ2n) is 4.65. The molecule has 0 atom stereocenters. The van der Waals surface area contributed by atoms with Gasteiger partial charge in [-0.15, -0.1) is 0 Å². The molecule has 0 bridgehead atoms. The molecule has 0 unspecified atom stereocenters. The Morgan fingerprint density at radius 3 is 2.74 bits per heavy atom. The number of hydrogen-bond donors (Lipinski definition) is 5.